The van der Waals surface area contributed by atoms with Crippen LogP contribution in [0.15, 0.2) is 46.5 Å². The smallest absolute Gasteiger partial charge is 0.162 e. The molecule has 0 saturated heterocycles. The van der Waals surface area contributed by atoms with E-state index in [1.807, 2.05) is 6.07 Å². The number of Topliss-reactive ketones (excluding diaryl/α,β-unsaturated/α-hetero) is 1. The standard InChI is InChI=1S/C15H15NOS/c1-10-6-7-14(11(2)9-10)18-15-13(12(3)17)5-4-8-16-15/h4-9H,1-3H3. The number of aryl methyl sites for hydroxylation is 2. The fourth-order valence-corrected chi connectivity index (χ4v) is 2.76. The Balaban J connectivity index is 2.37. The molecule has 18 heavy (non-hydrogen) atoms. The van der Waals surface area contributed by atoms with Crippen LogP contribution < -0.4 is 0 Å². The van der Waals surface area contributed by atoms with Crippen molar-refractivity contribution in [2.45, 2.75) is 30.7 Å². The summed E-state index contributed by atoms with van der Waals surface area (Å²) >= 11 is 1.55. The molecule has 0 unspecified atom stereocenters. The van der Waals surface area contributed by atoms with E-state index in [4.69, 9.17) is 0 Å². The predicted molar refractivity (Wildman–Crippen MR) is 74.3 cm³/mol. The maximum Gasteiger partial charge on any atom is 0.162 e. The molecule has 0 fully saturated rings. The number of pyridine rings is 1. The van der Waals surface area contributed by atoms with Crippen LogP contribution in [0.5, 0.6) is 0 Å². The van der Waals surface area contributed by atoms with Crippen LogP contribution >= 0.6 is 11.8 Å². The zero-order valence-corrected chi connectivity index (χ0v) is 11.5. The van der Waals surface area contributed by atoms with Gasteiger partial charge >= 0.3 is 0 Å². The highest BCUT2D eigenvalue weighted by Gasteiger charge is 2.10. The maximum absolute atomic E-state index is 11.5. The molecular formula is C15H15NOS. The molecule has 0 aliphatic rings. The summed E-state index contributed by atoms with van der Waals surface area (Å²) in [4.78, 5) is 17.0. The van der Waals surface area contributed by atoms with Gasteiger partial charge in [0.2, 0.25) is 0 Å². The molecule has 0 amide bonds. The first-order valence-corrected chi connectivity index (χ1v) is 6.60. The summed E-state index contributed by atoms with van der Waals surface area (Å²) in [5.41, 5.74) is 3.13. The number of benzene rings is 1. The van der Waals surface area contributed by atoms with E-state index in [1.165, 1.54) is 11.1 Å². The monoisotopic (exact) mass is 257 g/mol. The Morgan fingerprint density at radius 2 is 2.00 bits per heavy atom. The van der Waals surface area contributed by atoms with Crippen molar-refractivity contribution in [2.24, 2.45) is 0 Å². The molecule has 1 aromatic carbocycles. The normalized spacial score (nSPS) is 10.4. The highest BCUT2D eigenvalue weighted by Crippen LogP contribution is 2.31. The number of aromatic nitrogens is 1. The van der Waals surface area contributed by atoms with E-state index < -0.39 is 0 Å². The lowest BCUT2D eigenvalue weighted by atomic mass is 10.2. The van der Waals surface area contributed by atoms with Crippen molar-refractivity contribution in [1.29, 1.82) is 0 Å². The summed E-state index contributed by atoms with van der Waals surface area (Å²) in [6, 6.07) is 9.91. The third-order valence-electron chi connectivity index (χ3n) is 2.69. The SMILES string of the molecule is CC(=O)c1cccnc1Sc1ccc(C)cc1C. The van der Waals surface area contributed by atoms with E-state index in [0.29, 0.717) is 5.56 Å². The first-order valence-electron chi connectivity index (χ1n) is 5.79. The van der Waals surface area contributed by atoms with Crippen molar-refractivity contribution in [3.8, 4) is 0 Å². The largest absolute Gasteiger partial charge is 0.294 e. The molecule has 1 heterocycles. The molecule has 2 nitrogen and oxygen atoms in total. The van der Waals surface area contributed by atoms with Gasteiger partial charge in [0, 0.05) is 16.7 Å². The number of carbonyl (C=O) groups is 1. The van der Waals surface area contributed by atoms with Gasteiger partial charge in [0.1, 0.15) is 5.03 Å². The molecule has 2 rings (SSSR count). The van der Waals surface area contributed by atoms with Crippen molar-refractivity contribution in [3.05, 3.63) is 53.2 Å². The summed E-state index contributed by atoms with van der Waals surface area (Å²) in [6.07, 6.45) is 1.72. The molecular weight excluding hydrogens is 242 g/mol. The van der Waals surface area contributed by atoms with E-state index >= 15 is 0 Å². The fraction of sp³-hybridized carbons (Fsp3) is 0.200. The molecule has 0 N–H and O–H groups in total. The lowest BCUT2D eigenvalue weighted by Crippen LogP contribution is -1.97. The Bertz CT molecular complexity index is 593. The minimum Gasteiger partial charge on any atom is -0.294 e. The minimum absolute atomic E-state index is 0.0513. The Kier molecular flexibility index (Phi) is 3.82. The van der Waals surface area contributed by atoms with Gasteiger partial charge < -0.3 is 0 Å². The van der Waals surface area contributed by atoms with Crippen LogP contribution in [0.1, 0.15) is 28.4 Å². The van der Waals surface area contributed by atoms with Gasteiger partial charge in [-0.3, -0.25) is 4.79 Å². The van der Waals surface area contributed by atoms with E-state index in [0.717, 1.165) is 9.92 Å². The fourth-order valence-electron chi connectivity index (χ4n) is 1.76. The summed E-state index contributed by atoms with van der Waals surface area (Å²) in [7, 11) is 0. The predicted octanol–water partition coefficient (Wildman–Crippen LogP) is 4.05. The number of hydrogen-bond acceptors (Lipinski definition) is 3. The zero-order chi connectivity index (χ0) is 13.1. The van der Waals surface area contributed by atoms with Crippen molar-refractivity contribution in [1.82, 2.24) is 4.98 Å². The van der Waals surface area contributed by atoms with Crippen LogP contribution in [0.4, 0.5) is 0 Å². The molecule has 92 valence electrons. The average Bonchev–Trinajstić information content (AvgIpc) is 2.33. The molecule has 2 aromatic rings. The quantitative estimate of drug-likeness (QED) is 0.777. The number of hydrogen-bond donors (Lipinski definition) is 0. The zero-order valence-electron chi connectivity index (χ0n) is 10.7. The van der Waals surface area contributed by atoms with Crippen LogP contribution in [0.3, 0.4) is 0 Å². The van der Waals surface area contributed by atoms with Crippen molar-refractivity contribution < 1.29 is 4.79 Å². The van der Waals surface area contributed by atoms with Crippen molar-refractivity contribution in [3.63, 3.8) is 0 Å². The Hall–Kier alpha value is -1.61. The van der Waals surface area contributed by atoms with Gasteiger partial charge in [-0.05, 0) is 44.5 Å². The maximum atomic E-state index is 11.5. The summed E-state index contributed by atoms with van der Waals surface area (Å²) < 4.78 is 0. The van der Waals surface area contributed by atoms with Crippen LogP contribution in [-0.4, -0.2) is 10.8 Å². The minimum atomic E-state index is 0.0513. The van der Waals surface area contributed by atoms with Crippen LogP contribution in [0.2, 0.25) is 0 Å². The van der Waals surface area contributed by atoms with Gasteiger partial charge in [-0.15, -0.1) is 0 Å². The molecule has 1 aromatic heterocycles. The van der Waals surface area contributed by atoms with Gasteiger partial charge in [0.15, 0.2) is 5.78 Å². The number of rotatable bonds is 3. The van der Waals surface area contributed by atoms with Gasteiger partial charge in [-0.25, -0.2) is 4.98 Å². The van der Waals surface area contributed by atoms with Crippen LogP contribution in [-0.2, 0) is 0 Å². The van der Waals surface area contributed by atoms with E-state index in [2.05, 4.69) is 37.0 Å². The highest BCUT2D eigenvalue weighted by molar-refractivity contribution is 7.99. The van der Waals surface area contributed by atoms with Crippen molar-refractivity contribution >= 4 is 17.5 Å². The molecule has 0 bridgehead atoms. The summed E-state index contributed by atoms with van der Waals surface area (Å²) in [5, 5.41) is 0.775. The van der Waals surface area contributed by atoms with E-state index in [-0.39, 0.29) is 5.78 Å². The molecule has 0 aliphatic carbocycles. The van der Waals surface area contributed by atoms with Gasteiger partial charge in [-0.2, -0.15) is 0 Å². The highest BCUT2D eigenvalue weighted by atomic mass is 32.2. The Morgan fingerprint density at radius 3 is 2.67 bits per heavy atom. The molecule has 0 spiro atoms. The van der Waals surface area contributed by atoms with Gasteiger partial charge in [0.25, 0.3) is 0 Å². The molecule has 0 atom stereocenters. The molecule has 0 aliphatic heterocycles. The first kappa shape index (κ1) is 12.8. The Morgan fingerprint density at radius 1 is 1.22 bits per heavy atom. The summed E-state index contributed by atoms with van der Waals surface area (Å²) in [6.45, 7) is 5.72. The second kappa shape index (κ2) is 5.36. The number of carbonyl (C=O) groups excluding carboxylic acids is 1. The lowest BCUT2D eigenvalue weighted by Gasteiger charge is -2.08. The topological polar surface area (TPSA) is 30.0 Å². The lowest BCUT2D eigenvalue weighted by molar-refractivity contribution is 0.101. The van der Waals surface area contributed by atoms with Crippen LogP contribution in [0, 0.1) is 13.8 Å². The molecule has 0 saturated carbocycles. The number of ketones is 1. The average molecular weight is 257 g/mol. The first-order chi connectivity index (χ1) is 8.58. The molecule has 0 radical (unpaired) electrons. The second-order valence-corrected chi connectivity index (χ2v) is 5.31. The second-order valence-electron chi connectivity index (χ2n) is 4.28. The third-order valence-corrected chi connectivity index (χ3v) is 3.88. The van der Waals surface area contributed by atoms with Gasteiger partial charge in [0.05, 0.1) is 0 Å². The van der Waals surface area contributed by atoms with E-state index in [9.17, 15) is 4.79 Å². The molecule has 3 heteroatoms. The third kappa shape index (κ3) is 2.79. The van der Waals surface area contributed by atoms with Crippen molar-refractivity contribution in [2.75, 3.05) is 0 Å². The number of nitrogens with zero attached hydrogens (tertiary/aromatic N) is 1. The summed E-state index contributed by atoms with van der Waals surface area (Å²) in [5.74, 6) is 0.0513. The van der Waals surface area contributed by atoms with Crippen LogP contribution in [0.25, 0.3) is 0 Å². The van der Waals surface area contributed by atoms with Gasteiger partial charge in [-0.1, -0.05) is 29.5 Å². The van der Waals surface area contributed by atoms with E-state index in [1.54, 1.807) is 30.9 Å². The Labute approximate surface area is 111 Å².